The SMILES string of the molecule is C[C@](O)(c1ccccn1)c1cccc(-c2ccccn2)n1. The molecule has 4 nitrogen and oxygen atoms in total. The van der Waals surface area contributed by atoms with E-state index in [9.17, 15) is 5.11 Å². The minimum atomic E-state index is -1.24. The van der Waals surface area contributed by atoms with Gasteiger partial charge in [-0.1, -0.05) is 18.2 Å². The zero-order chi connectivity index (χ0) is 14.7. The molecule has 0 amide bonds. The standard InChI is InChI=1S/C17H15N3O/c1-17(21,15-9-3-5-12-19-15)16-10-6-8-14(20-16)13-7-2-4-11-18-13/h2-12,21H,1H3/t17-/m0/s1. The summed E-state index contributed by atoms with van der Waals surface area (Å²) < 4.78 is 0. The van der Waals surface area contributed by atoms with Gasteiger partial charge in [0.1, 0.15) is 5.60 Å². The zero-order valence-electron chi connectivity index (χ0n) is 11.6. The van der Waals surface area contributed by atoms with E-state index in [1.807, 2.05) is 42.5 Å². The number of hydrogen-bond acceptors (Lipinski definition) is 4. The molecule has 3 rings (SSSR count). The summed E-state index contributed by atoms with van der Waals surface area (Å²) in [5.74, 6) is 0. The summed E-state index contributed by atoms with van der Waals surface area (Å²) in [6.07, 6.45) is 3.38. The summed E-state index contributed by atoms with van der Waals surface area (Å²) in [4.78, 5) is 13.0. The smallest absolute Gasteiger partial charge is 0.145 e. The van der Waals surface area contributed by atoms with Crippen molar-refractivity contribution in [1.82, 2.24) is 15.0 Å². The van der Waals surface area contributed by atoms with Crippen LogP contribution in [0.3, 0.4) is 0 Å². The van der Waals surface area contributed by atoms with E-state index in [0.717, 1.165) is 11.4 Å². The van der Waals surface area contributed by atoms with Crippen molar-refractivity contribution in [2.45, 2.75) is 12.5 Å². The lowest BCUT2D eigenvalue weighted by Crippen LogP contribution is -2.25. The third kappa shape index (κ3) is 2.66. The molecule has 0 spiro atoms. The van der Waals surface area contributed by atoms with Crippen LogP contribution in [0.15, 0.2) is 67.0 Å². The molecule has 0 unspecified atom stereocenters. The molecular formula is C17H15N3O. The Balaban J connectivity index is 2.04. The number of hydrogen-bond donors (Lipinski definition) is 1. The first-order chi connectivity index (χ1) is 10.2. The van der Waals surface area contributed by atoms with Crippen molar-refractivity contribution in [3.8, 4) is 11.4 Å². The van der Waals surface area contributed by atoms with Crippen molar-refractivity contribution in [2.24, 2.45) is 0 Å². The molecule has 0 aromatic carbocycles. The molecule has 1 atom stereocenters. The van der Waals surface area contributed by atoms with Crippen molar-refractivity contribution in [3.63, 3.8) is 0 Å². The van der Waals surface area contributed by atoms with E-state index in [2.05, 4.69) is 15.0 Å². The van der Waals surface area contributed by atoms with E-state index in [4.69, 9.17) is 0 Å². The average Bonchev–Trinajstić information content (AvgIpc) is 2.57. The van der Waals surface area contributed by atoms with Crippen molar-refractivity contribution >= 4 is 0 Å². The van der Waals surface area contributed by atoms with Crippen LogP contribution in [0.5, 0.6) is 0 Å². The maximum atomic E-state index is 10.8. The van der Waals surface area contributed by atoms with Gasteiger partial charge in [-0.05, 0) is 43.3 Å². The average molecular weight is 277 g/mol. The van der Waals surface area contributed by atoms with E-state index in [1.165, 1.54) is 0 Å². The molecule has 0 radical (unpaired) electrons. The van der Waals surface area contributed by atoms with Gasteiger partial charge in [0.25, 0.3) is 0 Å². The fraction of sp³-hybridized carbons (Fsp3) is 0.118. The highest BCUT2D eigenvalue weighted by molar-refractivity contribution is 5.54. The van der Waals surface area contributed by atoms with E-state index < -0.39 is 5.60 Å². The Bertz CT molecular complexity index is 727. The Morgan fingerprint density at radius 3 is 2.10 bits per heavy atom. The number of nitrogens with zero attached hydrogens (tertiary/aromatic N) is 3. The quantitative estimate of drug-likeness (QED) is 0.799. The summed E-state index contributed by atoms with van der Waals surface area (Å²) in [6, 6.07) is 16.6. The normalized spacial score (nSPS) is 13.6. The van der Waals surface area contributed by atoms with Gasteiger partial charge in [0.15, 0.2) is 0 Å². The molecule has 0 aliphatic carbocycles. The lowest BCUT2D eigenvalue weighted by Gasteiger charge is -2.22. The first-order valence-corrected chi connectivity index (χ1v) is 6.71. The van der Waals surface area contributed by atoms with Crippen LogP contribution in [-0.4, -0.2) is 20.1 Å². The second-order valence-electron chi connectivity index (χ2n) is 4.91. The first kappa shape index (κ1) is 13.4. The largest absolute Gasteiger partial charge is 0.377 e. The maximum Gasteiger partial charge on any atom is 0.145 e. The van der Waals surface area contributed by atoms with Crippen LogP contribution in [-0.2, 0) is 5.60 Å². The molecule has 4 heteroatoms. The van der Waals surface area contributed by atoms with Gasteiger partial charge in [0.2, 0.25) is 0 Å². The Labute approximate surface area is 123 Å². The van der Waals surface area contributed by atoms with Gasteiger partial charge in [0, 0.05) is 12.4 Å². The Hall–Kier alpha value is -2.59. The zero-order valence-corrected chi connectivity index (χ0v) is 11.6. The molecule has 0 saturated heterocycles. The number of pyridine rings is 3. The van der Waals surface area contributed by atoms with Gasteiger partial charge in [0.05, 0.1) is 22.8 Å². The van der Waals surface area contributed by atoms with Crippen molar-refractivity contribution < 1.29 is 5.11 Å². The molecule has 0 bridgehead atoms. The predicted octanol–water partition coefficient (Wildman–Crippen LogP) is 2.79. The van der Waals surface area contributed by atoms with Crippen LogP contribution in [0, 0.1) is 0 Å². The second kappa shape index (κ2) is 5.42. The number of aromatic nitrogens is 3. The monoisotopic (exact) mass is 277 g/mol. The molecule has 21 heavy (non-hydrogen) atoms. The van der Waals surface area contributed by atoms with Gasteiger partial charge in [-0.3, -0.25) is 9.97 Å². The Morgan fingerprint density at radius 2 is 1.43 bits per heavy atom. The molecule has 0 fully saturated rings. The lowest BCUT2D eigenvalue weighted by molar-refractivity contribution is 0.0927. The van der Waals surface area contributed by atoms with Crippen LogP contribution < -0.4 is 0 Å². The summed E-state index contributed by atoms with van der Waals surface area (Å²) in [5.41, 5.74) is 1.37. The summed E-state index contributed by atoms with van der Waals surface area (Å²) >= 11 is 0. The first-order valence-electron chi connectivity index (χ1n) is 6.71. The van der Waals surface area contributed by atoms with Crippen molar-refractivity contribution in [3.05, 3.63) is 78.4 Å². The van der Waals surface area contributed by atoms with Gasteiger partial charge < -0.3 is 5.11 Å². The van der Waals surface area contributed by atoms with Crippen molar-refractivity contribution in [2.75, 3.05) is 0 Å². The molecule has 1 N–H and O–H groups in total. The lowest BCUT2D eigenvalue weighted by atomic mass is 9.96. The highest BCUT2D eigenvalue weighted by Crippen LogP contribution is 2.27. The highest BCUT2D eigenvalue weighted by Gasteiger charge is 2.28. The van der Waals surface area contributed by atoms with Gasteiger partial charge in [-0.15, -0.1) is 0 Å². The van der Waals surface area contributed by atoms with Crippen molar-refractivity contribution in [1.29, 1.82) is 0 Å². The Kier molecular flexibility index (Phi) is 3.46. The van der Waals surface area contributed by atoms with E-state index in [0.29, 0.717) is 11.4 Å². The summed E-state index contributed by atoms with van der Waals surface area (Å²) in [5, 5.41) is 10.8. The number of aliphatic hydroxyl groups is 1. The fourth-order valence-corrected chi connectivity index (χ4v) is 2.14. The summed E-state index contributed by atoms with van der Waals surface area (Å²) in [6.45, 7) is 1.69. The Morgan fingerprint density at radius 1 is 0.762 bits per heavy atom. The fourth-order valence-electron chi connectivity index (χ4n) is 2.14. The van der Waals surface area contributed by atoms with E-state index in [1.54, 1.807) is 31.5 Å². The van der Waals surface area contributed by atoms with Crippen LogP contribution in [0.1, 0.15) is 18.3 Å². The highest BCUT2D eigenvalue weighted by atomic mass is 16.3. The second-order valence-corrected chi connectivity index (χ2v) is 4.91. The minimum absolute atomic E-state index is 0.546. The molecular weight excluding hydrogens is 262 g/mol. The van der Waals surface area contributed by atoms with Crippen LogP contribution in [0.25, 0.3) is 11.4 Å². The van der Waals surface area contributed by atoms with Gasteiger partial charge in [-0.25, -0.2) is 4.98 Å². The van der Waals surface area contributed by atoms with Gasteiger partial charge >= 0.3 is 0 Å². The van der Waals surface area contributed by atoms with Crippen LogP contribution >= 0.6 is 0 Å². The van der Waals surface area contributed by atoms with E-state index >= 15 is 0 Å². The molecule has 3 heterocycles. The molecule has 0 aliphatic heterocycles. The predicted molar refractivity (Wildman–Crippen MR) is 80.4 cm³/mol. The topological polar surface area (TPSA) is 58.9 Å². The minimum Gasteiger partial charge on any atom is -0.377 e. The van der Waals surface area contributed by atoms with Crippen LogP contribution in [0.4, 0.5) is 0 Å². The van der Waals surface area contributed by atoms with Crippen LogP contribution in [0.2, 0.25) is 0 Å². The molecule has 0 saturated carbocycles. The molecule has 3 aromatic heterocycles. The third-order valence-electron chi connectivity index (χ3n) is 3.34. The maximum absolute atomic E-state index is 10.8. The van der Waals surface area contributed by atoms with E-state index in [-0.39, 0.29) is 0 Å². The molecule has 0 aliphatic rings. The van der Waals surface area contributed by atoms with Gasteiger partial charge in [-0.2, -0.15) is 0 Å². The summed E-state index contributed by atoms with van der Waals surface area (Å²) in [7, 11) is 0. The molecule has 104 valence electrons. The molecule has 3 aromatic rings. The number of rotatable bonds is 3. The third-order valence-corrected chi connectivity index (χ3v) is 3.34.